The normalized spacial score (nSPS) is 12.2. The van der Waals surface area contributed by atoms with Crippen LogP contribution in [0.5, 0.6) is 0 Å². The Balaban J connectivity index is 2.16. The van der Waals surface area contributed by atoms with E-state index in [0.717, 1.165) is 23.5 Å². The molecular weight excluding hydrogens is 286 g/mol. The van der Waals surface area contributed by atoms with Gasteiger partial charge in [0.1, 0.15) is 9.88 Å². The van der Waals surface area contributed by atoms with Gasteiger partial charge < -0.3 is 10.4 Å². The highest BCUT2D eigenvalue weighted by Gasteiger charge is 2.13. The number of amides is 1. The Morgan fingerprint density at radius 3 is 2.85 bits per heavy atom. The van der Waals surface area contributed by atoms with Gasteiger partial charge >= 0.3 is 0 Å². The third kappa shape index (κ3) is 3.37. The van der Waals surface area contributed by atoms with Crippen LogP contribution in [0.25, 0.3) is 10.6 Å². The van der Waals surface area contributed by atoms with Crippen LogP contribution in [0.2, 0.25) is 0 Å². The molecule has 0 aliphatic carbocycles. The highest BCUT2D eigenvalue weighted by atomic mass is 32.1. The number of aliphatic hydroxyl groups is 1. The van der Waals surface area contributed by atoms with Crippen molar-refractivity contribution in [2.75, 3.05) is 6.54 Å². The first-order valence-electron chi connectivity index (χ1n) is 5.85. The molecule has 4 nitrogen and oxygen atoms in total. The SMILES string of the molecule is C[C@H](O)CNC(=O)c1cnc(-c2ccc(F)c(F)c2)s1. The topological polar surface area (TPSA) is 62.2 Å². The maximum absolute atomic E-state index is 13.1. The maximum atomic E-state index is 13.1. The Bertz CT molecular complexity index is 629. The zero-order valence-electron chi connectivity index (χ0n) is 10.6. The van der Waals surface area contributed by atoms with Crippen LogP contribution in [0.3, 0.4) is 0 Å². The van der Waals surface area contributed by atoms with Gasteiger partial charge in [-0.3, -0.25) is 4.79 Å². The van der Waals surface area contributed by atoms with Crippen molar-refractivity contribution in [1.29, 1.82) is 0 Å². The molecule has 2 rings (SSSR count). The summed E-state index contributed by atoms with van der Waals surface area (Å²) in [6.45, 7) is 1.69. The van der Waals surface area contributed by atoms with Crippen LogP contribution >= 0.6 is 11.3 Å². The molecule has 1 amide bonds. The van der Waals surface area contributed by atoms with Gasteiger partial charge in [-0.1, -0.05) is 0 Å². The number of carbonyl (C=O) groups is 1. The summed E-state index contributed by atoms with van der Waals surface area (Å²) in [5.41, 5.74) is 0.406. The lowest BCUT2D eigenvalue weighted by molar-refractivity contribution is 0.0928. The summed E-state index contributed by atoms with van der Waals surface area (Å²) in [5, 5.41) is 12.0. The first-order chi connectivity index (χ1) is 9.47. The second kappa shape index (κ2) is 6.06. The summed E-state index contributed by atoms with van der Waals surface area (Å²) < 4.78 is 26.0. The van der Waals surface area contributed by atoms with Gasteiger partial charge in [0.05, 0.1) is 12.3 Å². The number of thiazole rings is 1. The summed E-state index contributed by atoms with van der Waals surface area (Å²) in [4.78, 5) is 16.1. The monoisotopic (exact) mass is 298 g/mol. The van der Waals surface area contributed by atoms with E-state index < -0.39 is 17.7 Å². The smallest absolute Gasteiger partial charge is 0.263 e. The molecule has 1 aromatic carbocycles. The number of halogens is 2. The van der Waals surface area contributed by atoms with Gasteiger partial charge in [0.25, 0.3) is 5.91 Å². The third-order valence-corrected chi connectivity index (χ3v) is 3.50. The Morgan fingerprint density at radius 1 is 1.45 bits per heavy atom. The van der Waals surface area contributed by atoms with Crippen LogP contribution in [-0.2, 0) is 0 Å². The molecule has 20 heavy (non-hydrogen) atoms. The number of hydrogen-bond acceptors (Lipinski definition) is 4. The van der Waals surface area contributed by atoms with E-state index in [1.54, 1.807) is 6.92 Å². The fourth-order valence-electron chi connectivity index (χ4n) is 1.47. The van der Waals surface area contributed by atoms with Gasteiger partial charge in [-0.2, -0.15) is 0 Å². The average molecular weight is 298 g/mol. The van der Waals surface area contributed by atoms with Crippen LogP contribution in [0.15, 0.2) is 24.4 Å². The molecule has 2 N–H and O–H groups in total. The molecule has 106 valence electrons. The zero-order chi connectivity index (χ0) is 14.7. The van der Waals surface area contributed by atoms with E-state index in [0.29, 0.717) is 15.4 Å². The minimum atomic E-state index is -0.960. The number of nitrogens with one attached hydrogen (secondary N) is 1. The molecule has 0 radical (unpaired) electrons. The molecule has 1 atom stereocenters. The fourth-order valence-corrected chi connectivity index (χ4v) is 2.30. The summed E-state index contributed by atoms with van der Waals surface area (Å²) in [6, 6.07) is 3.44. The summed E-state index contributed by atoms with van der Waals surface area (Å²) >= 11 is 1.07. The lowest BCUT2D eigenvalue weighted by atomic mass is 10.2. The number of hydrogen-bond donors (Lipinski definition) is 2. The van der Waals surface area contributed by atoms with Crippen molar-refractivity contribution < 1.29 is 18.7 Å². The third-order valence-electron chi connectivity index (χ3n) is 2.45. The second-order valence-electron chi connectivity index (χ2n) is 4.22. The van der Waals surface area contributed by atoms with E-state index in [-0.39, 0.29) is 12.5 Å². The molecule has 0 unspecified atom stereocenters. The quantitative estimate of drug-likeness (QED) is 0.909. The standard InChI is InChI=1S/C13H12F2N2O2S/c1-7(18)5-16-12(19)11-6-17-13(20-11)8-2-3-9(14)10(15)4-8/h2-4,6-7,18H,5H2,1H3,(H,16,19)/t7-/m0/s1. The van der Waals surface area contributed by atoms with E-state index in [1.165, 1.54) is 12.3 Å². The predicted molar refractivity (Wildman–Crippen MR) is 71.5 cm³/mol. The molecule has 0 saturated carbocycles. The van der Waals surface area contributed by atoms with Crippen LogP contribution < -0.4 is 5.32 Å². The molecule has 0 spiro atoms. The van der Waals surface area contributed by atoms with E-state index in [9.17, 15) is 13.6 Å². The fraction of sp³-hybridized carbons (Fsp3) is 0.231. The van der Waals surface area contributed by atoms with Gasteiger partial charge in [0, 0.05) is 12.1 Å². The number of aromatic nitrogens is 1. The van der Waals surface area contributed by atoms with E-state index in [2.05, 4.69) is 10.3 Å². The minimum absolute atomic E-state index is 0.136. The maximum Gasteiger partial charge on any atom is 0.263 e. The summed E-state index contributed by atoms with van der Waals surface area (Å²) in [6.07, 6.45) is 0.719. The van der Waals surface area contributed by atoms with Gasteiger partial charge in [-0.25, -0.2) is 13.8 Å². The molecule has 1 heterocycles. The highest BCUT2D eigenvalue weighted by Crippen LogP contribution is 2.26. The van der Waals surface area contributed by atoms with Crippen molar-refractivity contribution in [3.05, 3.63) is 40.9 Å². The first-order valence-corrected chi connectivity index (χ1v) is 6.66. The number of benzene rings is 1. The summed E-state index contributed by atoms with van der Waals surface area (Å²) in [5.74, 6) is -2.25. The molecule has 2 aromatic rings. The van der Waals surface area contributed by atoms with Crippen LogP contribution in [-0.4, -0.2) is 28.6 Å². The van der Waals surface area contributed by atoms with Gasteiger partial charge in [-0.15, -0.1) is 11.3 Å². The van der Waals surface area contributed by atoms with Crippen molar-refractivity contribution in [3.63, 3.8) is 0 Å². The van der Waals surface area contributed by atoms with Crippen molar-refractivity contribution in [2.45, 2.75) is 13.0 Å². The molecule has 7 heteroatoms. The van der Waals surface area contributed by atoms with Crippen LogP contribution in [0.1, 0.15) is 16.6 Å². The number of rotatable bonds is 4. The molecule has 0 aliphatic heterocycles. The van der Waals surface area contributed by atoms with E-state index >= 15 is 0 Å². The molecule has 0 aliphatic rings. The number of nitrogens with zero attached hydrogens (tertiary/aromatic N) is 1. The lowest BCUT2D eigenvalue weighted by Crippen LogP contribution is -2.29. The Labute approximate surface area is 118 Å². The average Bonchev–Trinajstić information content (AvgIpc) is 2.89. The second-order valence-corrected chi connectivity index (χ2v) is 5.25. The lowest BCUT2D eigenvalue weighted by Gasteiger charge is -2.04. The van der Waals surface area contributed by atoms with Crippen molar-refractivity contribution in [1.82, 2.24) is 10.3 Å². The number of aliphatic hydroxyl groups excluding tert-OH is 1. The number of carbonyl (C=O) groups excluding carboxylic acids is 1. The van der Waals surface area contributed by atoms with E-state index in [4.69, 9.17) is 5.11 Å². The van der Waals surface area contributed by atoms with Gasteiger partial charge in [0.2, 0.25) is 0 Å². The largest absolute Gasteiger partial charge is 0.392 e. The first kappa shape index (κ1) is 14.5. The van der Waals surface area contributed by atoms with E-state index in [1.807, 2.05) is 0 Å². The van der Waals surface area contributed by atoms with Crippen molar-refractivity contribution >= 4 is 17.2 Å². The zero-order valence-corrected chi connectivity index (χ0v) is 11.4. The molecule has 0 saturated heterocycles. The molecule has 0 bridgehead atoms. The van der Waals surface area contributed by atoms with Crippen molar-refractivity contribution in [2.24, 2.45) is 0 Å². The van der Waals surface area contributed by atoms with Crippen molar-refractivity contribution in [3.8, 4) is 10.6 Å². The molecular formula is C13H12F2N2O2S. The van der Waals surface area contributed by atoms with Crippen LogP contribution in [0, 0.1) is 11.6 Å². The Morgan fingerprint density at radius 2 is 2.20 bits per heavy atom. The van der Waals surface area contributed by atoms with Crippen LogP contribution in [0.4, 0.5) is 8.78 Å². The molecule has 0 fully saturated rings. The highest BCUT2D eigenvalue weighted by molar-refractivity contribution is 7.16. The Kier molecular flexibility index (Phi) is 4.41. The minimum Gasteiger partial charge on any atom is -0.392 e. The molecule has 1 aromatic heterocycles. The Hall–Kier alpha value is -1.86. The van der Waals surface area contributed by atoms with Gasteiger partial charge in [-0.05, 0) is 25.1 Å². The predicted octanol–water partition coefficient (Wildman–Crippen LogP) is 2.20. The summed E-state index contributed by atoms with van der Waals surface area (Å²) in [7, 11) is 0. The van der Waals surface area contributed by atoms with Gasteiger partial charge in [0.15, 0.2) is 11.6 Å².